The van der Waals surface area contributed by atoms with Crippen molar-refractivity contribution < 1.29 is 14.3 Å². The number of hydrogen-bond acceptors (Lipinski definition) is 3. The fourth-order valence-corrected chi connectivity index (χ4v) is 1.39. The molecule has 0 saturated heterocycles. The molecule has 0 saturated carbocycles. The van der Waals surface area contributed by atoms with Crippen LogP contribution < -0.4 is 0 Å². The third-order valence-electron chi connectivity index (χ3n) is 1.89. The van der Waals surface area contributed by atoms with Crippen LogP contribution >= 0.6 is 11.6 Å². The molecule has 0 aliphatic heterocycles. The van der Waals surface area contributed by atoms with Gasteiger partial charge >= 0.3 is 5.97 Å². The minimum Gasteiger partial charge on any atom is -0.461 e. The lowest BCUT2D eigenvalue weighted by Crippen LogP contribution is -2.08. The van der Waals surface area contributed by atoms with E-state index in [0.29, 0.717) is 5.02 Å². The summed E-state index contributed by atoms with van der Waals surface area (Å²) >= 11 is 5.81. The summed E-state index contributed by atoms with van der Waals surface area (Å²) in [7, 11) is 0. The second kappa shape index (κ2) is 6.86. The zero-order valence-electron chi connectivity index (χ0n) is 9.48. The van der Waals surface area contributed by atoms with E-state index in [1.54, 1.807) is 24.3 Å². The van der Waals surface area contributed by atoms with Gasteiger partial charge in [0, 0.05) is 5.02 Å². The summed E-state index contributed by atoms with van der Waals surface area (Å²) in [6.45, 7) is 1.50. The molecule has 0 aromatic heterocycles. The Morgan fingerprint density at radius 2 is 2.18 bits per heavy atom. The molecular weight excluding hydrogens is 240 g/mol. The average molecular weight is 253 g/mol. The molecule has 1 aromatic rings. The van der Waals surface area contributed by atoms with Crippen molar-refractivity contribution in [2.45, 2.75) is 13.3 Å². The molecule has 0 heterocycles. The maximum absolute atomic E-state index is 11.0. The maximum atomic E-state index is 11.0. The zero-order chi connectivity index (χ0) is 12.7. The highest BCUT2D eigenvalue weighted by Gasteiger charge is 2.04. The van der Waals surface area contributed by atoms with Crippen LogP contribution in [0.5, 0.6) is 0 Å². The molecule has 0 atom stereocenters. The third kappa shape index (κ3) is 5.88. The Labute approximate surface area is 105 Å². The Morgan fingerprint density at radius 1 is 1.41 bits per heavy atom. The first-order chi connectivity index (χ1) is 8.08. The lowest BCUT2D eigenvalue weighted by molar-refractivity contribution is -0.144. The van der Waals surface area contributed by atoms with Crippen LogP contribution in [0, 0.1) is 0 Å². The minimum absolute atomic E-state index is 0.151. The molecule has 0 aliphatic carbocycles. The zero-order valence-corrected chi connectivity index (χ0v) is 10.2. The number of hydrogen-bond donors (Lipinski definition) is 0. The molecule has 0 radical (unpaired) electrons. The van der Waals surface area contributed by atoms with E-state index in [-0.39, 0.29) is 18.8 Å². The standard InChI is InChI=1S/C13H13ClO3/c1-10(15)8-13(16)17-7-3-5-11-4-2-6-12(14)9-11/h2-6,9H,7-8H2,1H3. The second-order valence-corrected chi connectivity index (χ2v) is 3.96. The van der Waals surface area contributed by atoms with Gasteiger partial charge in [-0.05, 0) is 30.7 Å². The first kappa shape index (κ1) is 13.5. The molecule has 90 valence electrons. The molecular formula is C13H13ClO3. The smallest absolute Gasteiger partial charge is 0.313 e. The van der Waals surface area contributed by atoms with Gasteiger partial charge in [-0.1, -0.05) is 29.8 Å². The van der Waals surface area contributed by atoms with Crippen LogP contribution in [-0.4, -0.2) is 18.4 Å². The molecule has 3 nitrogen and oxygen atoms in total. The molecule has 0 fully saturated rings. The Bertz CT molecular complexity index is 438. The van der Waals surface area contributed by atoms with Crippen LogP contribution in [-0.2, 0) is 14.3 Å². The topological polar surface area (TPSA) is 43.4 Å². The molecule has 1 aromatic carbocycles. The van der Waals surface area contributed by atoms with E-state index in [2.05, 4.69) is 0 Å². The van der Waals surface area contributed by atoms with Gasteiger partial charge in [-0.3, -0.25) is 9.59 Å². The van der Waals surface area contributed by atoms with E-state index < -0.39 is 5.97 Å². The number of esters is 1. The Balaban J connectivity index is 2.36. The van der Waals surface area contributed by atoms with Crippen LogP contribution in [0.4, 0.5) is 0 Å². The molecule has 0 N–H and O–H groups in total. The van der Waals surface area contributed by atoms with Crippen LogP contribution in [0.15, 0.2) is 30.3 Å². The number of Topliss-reactive ketones (excluding diaryl/α,β-unsaturated/α-hetero) is 1. The molecule has 4 heteroatoms. The fourth-order valence-electron chi connectivity index (χ4n) is 1.19. The van der Waals surface area contributed by atoms with Gasteiger partial charge in [-0.2, -0.15) is 0 Å². The number of carbonyl (C=O) groups is 2. The van der Waals surface area contributed by atoms with E-state index >= 15 is 0 Å². The van der Waals surface area contributed by atoms with E-state index in [4.69, 9.17) is 16.3 Å². The first-order valence-electron chi connectivity index (χ1n) is 5.15. The quantitative estimate of drug-likeness (QED) is 0.598. The molecule has 1 rings (SSSR count). The van der Waals surface area contributed by atoms with E-state index in [1.807, 2.05) is 12.1 Å². The lowest BCUT2D eigenvalue weighted by atomic mass is 10.2. The largest absolute Gasteiger partial charge is 0.461 e. The van der Waals surface area contributed by atoms with Crippen molar-refractivity contribution in [1.29, 1.82) is 0 Å². The van der Waals surface area contributed by atoms with Crippen LogP contribution in [0.1, 0.15) is 18.9 Å². The SMILES string of the molecule is CC(=O)CC(=O)OCC=Cc1cccc(Cl)c1. The second-order valence-electron chi connectivity index (χ2n) is 3.52. The Morgan fingerprint density at radius 3 is 2.82 bits per heavy atom. The van der Waals surface area contributed by atoms with Gasteiger partial charge in [0.2, 0.25) is 0 Å². The number of ether oxygens (including phenoxy) is 1. The average Bonchev–Trinajstić information content (AvgIpc) is 2.23. The van der Waals surface area contributed by atoms with Gasteiger partial charge in [0.1, 0.15) is 18.8 Å². The molecule has 0 spiro atoms. The van der Waals surface area contributed by atoms with E-state index in [0.717, 1.165) is 5.56 Å². The minimum atomic E-state index is -0.506. The molecule has 0 amide bonds. The van der Waals surface area contributed by atoms with Gasteiger partial charge in [-0.25, -0.2) is 0 Å². The van der Waals surface area contributed by atoms with Crippen molar-refractivity contribution in [3.05, 3.63) is 40.9 Å². The number of rotatable bonds is 5. The third-order valence-corrected chi connectivity index (χ3v) is 2.13. The highest BCUT2D eigenvalue weighted by Crippen LogP contribution is 2.11. The number of halogens is 1. The van der Waals surface area contributed by atoms with Crippen molar-refractivity contribution in [2.75, 3.05) is 6.61 Å². The lowest BCUT2D eigenvalue weighted by Gasteiger charge is -1.99. The monoisotopic (exact) mass is 252 g/mol. The molecule has 0 bridgehead atoms. The van der Waals surface area contributed by atoms with Crippen molar-refractivity contribution in [3.63, 3.8) is 0 Å². The predicted molar refractivity (Wildman–Crippen MR) is 66.7 cm³/mol. The van der Waals surface area contributed by atoms with Crippen LogP contribution in [0.25, 0.3) is 6.08 Å². The summed E-state index contributed by atoms with van der Waals surface area (Å²) in [5.74, 6) is -0.706. The molecule has 0 unspecified atom stereocenters. The normalized spacial score (nSPS) is 10.5. The summed E-state index contributed by atoms with van der Waals surface area (Å²) in [5.41, 5.74) is 0.931. The van der Waals surface area contributed by atoms with E-state index in [1.165, 1.54) is 6.92 Å². The van der Waals surface area contributed by atoms with Crippen molar-refractivity contribution in [3.8, 4) is 0 Å². The van der Waals surface area contributed by atoms with Gasteiger partial charge < -0.3 is 4.74 Å². The number of benzene rings is 1. The highest BCUT2D eigenvalue weighted by atomic mass is 35.5. The van der Waals surface area contributed by atoms with Gasteiger partial charge in [0.25, 0.3) is 0 Å². The van der Waals surface area contributed by atoms with Crippen molar-refractivity contribution in [1.82, 2.24) is 0 Å². The van der Waals surface area contributed by atoms with Crippen molar-refractivity contribution in [2.24, 2.45) is 0 Å². The van der Waals surface area contributed by atoms with Crippen LogP contribution in [0.2, 0.25) is 5.02 Å². The fraction of sp³-hybridized carbons (Fsp3) is 0.231. The first-order valence-corrected chi connectivity index (χ1v) is 5.53. The van der Waals surface area contributed by atoms with Gasteiger partial charge in [0.05, 0.1) is 0 Å². The summed E-state index contributed by atoms with van der Waals surface area (Å²) in [6, 6.07) is 7.31. The summed E-state index contributed by atoms with van der Waals surface area (Å²) in [5, 5.41) is 0.653. The Kier molecular flexibility index (Phi) is 5.43. The Hall–Kier alpha value is -1.61. The van der Waals surface area contributed by atoms with Gasteiger partial charge in [0.15, 0.2) is 0 Å². The van der Waals surface area contributed by atoms with Gasteiger partial charge in [-0.15, -0.1) is 0 Å². The number of carbonyl (C=O) groups excluding carboxylic acids is 2. The predicted octanol–water partition coefficient (Wildman–Crippen LogP) is 2.88. The van der Waals surface area contributed by atoms with Crippen LogP contribution in [0.3, 0.4) is 0 Å². The van der Waals surface area contributed by atoms with Crippen molar-refractivity contribution >= 4 is 29.4 Å². The molecule has 0 aliphatic rings. The van der Waals surface area contributed by atoms with E-state index in [9.17, 15) is 9.59 Å². The summed E-state index contributed by atoms with van der Waals surface area (Å²) < 4.78 is 4.83. The summed E-state index contributed by atoms with van der Waals surface area (Å²) in [4.78, 5) is 21.6. The number of ketones is 1. The molecule has 17 heavy (non-hydrogen) atoms. The summed E-state index contributed by atoms with van der Waals surface area (Å²) in [6.07, 6.45) is 3.32. The maximum Gasteiger partial charge on any atom is 0.313 e. The highest BCUT2D eigenvalue weighted by molar-refractivity contribution is 6.30.